The molecule has 3 aromatic carbocycles. The molecule has 0 aromatic heterocycles. The number of carbonyl (C=O) groups excluding carboxylic acids is 1. The van der Waals surface area contributed by atoms with E-state index in [0.29, 0.717) is 30.5 Å². The fourth-order valence-corrected chi connectivity index (χ4v) is 3.88. The van der Waals surface area contributed by atoms with Crippen LogP contribution in [0.5, 0.6) is 0 Å². The standard InChI is InChI=1S/C24H26ClN5O2/c25-22-16-19(9-10-23(22)29-11-13-32-14-12-29)27-24(31)28-30(20-6-2-1-3-7-20)21-8-4-5-18(15-21)17-26/h1-10,15-16H,11-14,17,26H2,(H2,27,28,31). The van der Waals surface area contributed by atoms with Crippen LogP contribution < -0.4 is 26.4 Å². The summed E-state index contributed by atoms with van der Waals surface area (Å²) in [5, 5.41) is 5.17. The zero-order valence-corrected chi connectivity index (χ0v) is 18.4. The van der Waals surface area contributed by atoms with E-state index in [-0.39, 0.29) is 6.03 Å². The van der Waals surface area contributed by atoms with Crippen molar-refractivity contribution in [3.63, 3.8) is 0 Å². The van der Waals surface area contributed by atoms with E-state index in [1.165, 1.54) is 0 Å². The first-order valence-corrected chi connectivity index (χ1v) is 10.9. The zero-order valence-electron chi connectivity index (χ0n) is 17.6. The lowest BCUT2D eigenvalue weighted by Crippen LogP contribution is -2.41. The van der Waals surface area contributed by atoms with E-state index in [0.717, 1.165) is 35.7 Å². The maximum absolute atomic E-state index is 12.9. The second-order valence-corrected chi connectivity index (χ2v) is 7.78. The van der Waals surface area contributed by atoms with Crippen LogP contribution in [0.25, 0.3) is 0 Å². The fraction of sp³-hybridized carbons (Fsp3) is 0.208. The molecule has 2 amide bonds. The van der Waals surface area contributed by atoms with Crippen LogP contribution >= 0.6 is 11.6 Å². The van der Waals surface area contributed by atoms with Crippen molar-refractivity contribution in [1.29, 1.82) is 0 Å². The van der Waals surface area contributed by atoms with Crippen LogP contribution in [0.2, 0.25) is 5.02 Å². The third kappa shape index (κ3) is 5.31. The van der Waals surface area contributed by atoms with E-state index in [2.05, 4.69) is 15.6 Å². The van der Waals surface area contributed by atoms with Gasteiger partial charge in [0.05, 0.1) is 35.3 Å². The summed E-state index contributed by atoms with van der Waals surface area (Å²) in [6, 6.07) is 22.5. The molecule has 0 aliphatic carbocycles. The van der Waals surface area contributed by atoms with Crippen molar-refractivity contribution in [3.8, 4) is 0 Å². The molecule has 0 radical (unpaired) electrons. The van der Waals surface area contributed by atoms with Gasteiger partial charge in [-0.15, -0.1) is 0 Å². The number of benzene rings is 3. The van der Waals surface area contributed by atoms with Gasteiger partial charge in [-0.25, -0.2) is 10.2 Å². The molecule has 0 atom stereocenters. The van der Waals surface area contributed by atoms with Crippen LogP contribution in [-0.4, -0.2) is 32.3 Å². The molecule has 0 saturated carbocycles. The molecule has 1 aliphatic heterocycles. The van der Waals surface area contributed by atoms with Crippen LogP contribution in [-0.2, 0) is 11.3 Å². The summed E-state index contributed by atoms with van der Waals surface area (Å²) in [5.41, 5.74) is 12.8. The number of urea groups is 1. The predicted octanol–water partition coefficient (Wildman–Crippen LogP) is 4.51. The highest BCUT2D eigenvalue weighted by Gasteiger charge is 2.16. The van der Waals surface area contributed by atoms with Crippen molar-refractivity contribution >= 4 is 40.4 Å². The van der Waals surface area contributed by atoms with Crippen LogP contribution in [0.4, 0.5) is 27.5 Å². The van der Waals surface area contributed by atoms with E-state index in [1.54, 1.807) is 11.1 Å². The molecule has 0 unspecified atom stereocenters. The van der Waals surface area contributed by atoms with Crippen LogP contribution in [0.15, 0.2) is 72.8 Å². The average molecular weight is 452 g/mol. The highest BCUT2D eigenvalue weighted by molar-refractivity contribution is 6.33. The molecule has 166 valence electrons. The van der Waals surface area contributed by atoms with Crippen LogP contribution in [0.3, 0.4) is 0 Å². The summed E-state index contributed by atoms with van der Waals surface area (Å²) >= 11 is 6.50. The number of hydrazine groups is 1. The number of hydrogen-bond acceptors (Lipinski definition) is 5. The Hall–Kier alpha value is -3.26. The normalized spacial score (nSPS) is 13.5. The minimum Gasteiger partial charge on any atom is -0.378 e. The predicted molar refractivity (Wildman–Crippen MR) is 130 cm³/mol. The average Bonchev–Trinajstić information content (AvgIpc) is 2.84. The van der Waals surface area contributed by atoms with E-state index in [1.807, 2.05) is 66.7 Å². The second kappa shape index (κ2) is 10.4. The number of halogens is 1. The number of nitrogens with two attached hydrogens (primary N) is 1. The van der Waals surface area contributed by atoms with Gasteiger partial charge in [-0.05, 0) is 48.0 Å². The van der Waals surface area contributed by atoms with Crippen molar-refractivity contribution in [1.82, 2.24) is 5.43 Å². The monoisotopic (exact) mass is 451 g/mol. The van der Waals surface area contributed by atoms with Gasteiger partial charge in [0.25, 0.3) is 0 Å². The molecule has 8 heteroatoms. The van der Waals surface area contributed by atoms with Gasteiger partial charge in [0.1, 0.15) is 0 Å². The van der Waals surface area contributed by atoms with E-state index in [9.17, 15) is 4.79 Å². The Kier molecular flexibility index (Phi) is 7.11. The SMILES string of the molecule is NCc1cccc(N(NC(=O)Nc2ccc(N3CCOCC3)c(Cl)c2)c2ccccc2)c1. The first-order valence-electron chi connectivity index (χ1n) is 10.5. The maximum atomic E-state index is 12.9. The molecular weight excluding hydrogens is 426 g/mol. The Balaban J connectivity index is 1.50. The van der Waals surface area contributed by atoms with Crippen molar-refractivity contribution in [2.45, 2.75) is 6.54 Å². The minimum absolute atomic E-state index is 0.387. The number of morpholine rings is 1. The molecule has 3 aromatic rings. The number of anilines is 4. The van der Waals surface area contributed by atoms with E-state index in [4.69, 9.17) is 22.1 Å². The van der Waals surface area contributed by atoms with Gasteiger partial charge >= 0.3 is 6.03 Å². The largest absolute Gasteiger partial charge is 0.378 e. The Bertz CT molecular complexity index is 1060. The van der Waals surface area contributed by atoms with Gasteiger partial charge in [0.2, 0.25) is 0 Å². The third-order valence-corrected chi connectivity index (χ3v) is 5.49. The van der Waals surface area contributed by atoms with E-state index >= 15 is 0 Å². The quantitative estimate of drug-likeness (QED) is 0.480. The Morgan fingerprint density at radius 2 is 1.75 bits per heavy atom. The lowest BCUT2D eigenvalue weighted by atomic mass is 10.2. The summed E-state index contributed by atoms with van der Waals surface area (Å²) in [4.78, 5) is 15.0. The zero-order chi connectivity index (χ0) is 22.3. The molecule has 0 spiro atoms. The number of nitrogens with zero attached hydrogens (tertiary/aromatic N) is 2. The highest BCUT2D eigenvalue weighted by atomic mass is 35.5. The van der Waals surface area contributed by atoms with Gasteiger partial charge in [-0.2, -0.15) is 0 Å². The third-order valence-electron chi connectivity index (χ3n) is 5.19. The van der Waals surface area contributed by atoms with Crippen molar-refractivity contribution in [2.24, 2.45) is 5.73 Å². The van der Waals surface area contributed by atoms with Gasteiger partial charge in [0.15, 0.2) is 0 Å². The lowest BCUT2D eigenvalue weighted by Gasteiger charge is -2.29. The Morgan fingerprint density at radius 1 is 1.00 bits per heavy atom. The molecular formula is C24H26ClN5O2. The summed E-state index contributed by atoms with van der Waals surface area (Å²) < 4.78 is 5.40. The molecule has 0 bridgehead atoms. The lowest BCUT2D eigenvalue weighted by molar-refractivity contribution is 0.122. The van der Waals surface area contributed by atoms with Crippen LogP contribution in [0.1, 0.15) is 5.56 Å². The summed E-state index contributed by atoms with van der Waals surface area (Å²) in [7, 11) is 0. The van der Waals surface area contributed by atoms with Gasteiger partial charge < -0.3 is 20.7 Å². The van der Waals surface area contributed by atoms with E-state index < -0.39 is 0 Å². The number of rotatable bonds is 6. The van der Waals surface area contributed by atoms with Crippen molar-refractivity contribution < 1.29 is 9.53 Å². The highest BCUT2D eigenvalue weighted by Crippen LogP contribution is 2.30. The number of ether oxygens (including phenoxy) is 1. The second-order valence-electron chi connectivity index (χ2n) is 7.38. The summed E-state index contributed by atoms with van der Waals surface area (Å²) in [6.45, 7) is 3.36. The molecule has 7 nitrogen and oxygen atoms in total. The number of para-hydroxylation sites is 1. The molecule has 1 saturated heterocycles. The molecule has 1 heterocycles. The number of carbonyl (C=O) groups is 1. The molecule has 4 N–H and O–H groups in total. The van der Waals surface area contributed by atoms with Crippen molar-refractivity contribution in [3.05, 3.63) is 83.4 Å². The summed E-state index contributed by atoms with van der Waals surface area (Å²) in [6.07, 6.45) is 0. The molecule has 32 heavy (non-hydrogen) atoms. The number of nitrogens with one attached hydrogen (secondary N) is 2. The maximum Gasteiger partial charge on any atom is 0.338 e. The van der Waals surface area contributed by atoms with Crippen molar-refractivity contribution in [2.75, 3.05) is 41.5 Å². The van der Waals surface area contributed by atoms with Gasteiger partial charge in [0, 0.05) is 25.3 Å². The molecule has 4 rings (SSSR count). The smallest absolute Gasteiger partial charge is 0.338 e. The first kappa shape index (κ1) is 22.0. The topological polar surface area (TPSA) is 82.9 Å². The Labute approximate surface area is 192 Å². The van der Waals surface area contributed by atoms with Gasteiger partial charge in [-0.3, -0.25) is 5.01 Å². The number of hydrogen-bond donors (Lipinski definition) is 3. The Morgan fingerprint density at radius 3 is 2.47 bits per heavy atom. The van der Waals surface area contributed by atoms with Crippen LogP contribution in [0, 0.1) is 0 Å². The van der Waals surface area contributed by atoms with Gasteiger partial charge in [-0.1, -0.05) is 41.9 Å². The molecule has 1 fully saturated rings. The fourth-order valence-electron chi connectivity index (χ4n) is 3.58. The first-order chi connectivity index (χ1) is 15.6. The minimum atomic E-state index is -0.387. The number of amides is 2. The molecule has 1 aliphatic rings. The summed E-state index contributed by atoms with van der Waals surface area (Å²) in [5.74, 6) is 0.